The first-order valence-electron chi connectivity index (χ1n) is 11.8. The van der Waals surface area contributed by atoms with E-state index in [0.717, 1.165) is 42.3 Å². The number of carbonyl (C=O) groups is 1. The smallest absolute Gasteiger partial charge is 0.254 e. The molecule has 2 atom stereocenters. The summed E-state index contributed by atoms with van der Waals surface area (Å²) in [4.78, 5) is 17.9. The van der Waals surface area contributed by atoms with E-state index in [1.807, 2.05) is 53.4 Å². The van der Waals surface area contributed by atoms with E-state index in [-0.39, 0.29) is 11.9 Å². The monoisotopic (exact) mass is 460 g/mol. The van der Waals surface area contributed by atoms with Gasteiger partial charge in [-0.2, -0.15) is 0 Å². The van der Waals surface area contributed by atoms with Crippen molar-refractivity contribution >= 4 is 17.5 Å². The van der Waals surface area contributed by atoms with Gasteiger partial charge in [0.1, 0.15) is 0 Å². The van der Waals surface area contributed by atoms with E-state index in [2.05, 4.69) is 56.0 Å². The van der Waals surface area contributed by atoms with Gasteiger partial charge in [0.15, 0.2) is 0 Å². The first kappa shape index (κ1) is 23.5. The summed E-state index contributed by atoms with van der Waals surface area (Å²) in [5.74, 6) is 0.834. The molecule has 3 aromatic rings. The number of likely N-dealkylation sites (tertiary alicyclic amines) is 1. The maximum atomic E-state index is 13.4. The highest BCUT2D eigenvalue weighted by atomic mass is 35.5. The summed E-state index contributed by atoms with van der Waals surface area (Å²) in [6, 6.07) is 26.5. The van der Waals surface area contributed by atoms with Crippen LogP contribution in [0.3, 0.4) is 0 Å². The topological polar surface area (TPSA) is 23.6 Å². The van der Waals surface area contributed by atoms with E-state index in [0.29, 0.717) is 11.8 Å². The first-order valence-corrected chi connectivity index (χ1v) is 12.2. The van der Waals surface area contributed by atoms with Crippen molar-refractivity contribution in [3.8, 4) is 0 Å². The minimum atomic E-state index is 0.110. The highest BCUT2D eigenvalue weighted by molar-refractivity contribution is 6.31. The molecule has 0 unspecified atom stereocenters. The van der Waals surface area contributed by atoms with Gasteiger partial charge in [0, 0.05) is 48.7 Å². The fraction of sp³-hybridized carbons (Fsp3) is 0.345. The highest BCUT2D eigenvalue weighted by Gasteiger charge is 2.37. The Morgan fingerprint density at radius 3 is 2.33 bits per heavy atom. The third kappa shape index (κ3) is 5.48. The van der Waals surface area contributed by atoms with E-state index in [9.17, 15) is 4.79 Å². The fourth-order valence-electron chi connectivity index (χ4n) is 5.02. The maximum absolute atomic E-state index is 13.4. The van der Waals surface area contributed by atoms with Gasteiger partial charge in [0.05, 0.1) is 0 Å². The van der Waals surface area contributed by atoms with Gasteiger partial charge >= 0.3 is 0 Å². The normalized spacial score (nSPS) is 18.6. The molecule has 0 N–H and O–H groups in total. The summed E-state index contributed by atoms with van der Waals surface area (Å²) in [5.41, 5.74) is 4.62. The van der Waals surface area contributed by atoms with Crippen molar-refractivity contribution in [1.29, 1.82) is 0 Å². The molecule has 1 aliphatic rings. The number of carbonyl (C=O) groups excluding carboxylic acids is 1. The van der Waals surface area contributed by atoms with E-state index >= 15 is 0 Å². The number of hydrogen-bond donors (Lipinski definition) is 0. The van der Waals surface area contributed by atoms with Gasteiger partial charge in [-0.15, -0.1) is 0 Å². The molecular formula is C29H33ClN2O. The second kappa shape index (κ2) is 10.5. The number of hydrogen-bond acceptors (Lipinski definition) is 2. The largest absolute Gasteiger partial charge is 0.336 e. The zero-order valence-corrected chi connectivity index (χ0v) is 20.5. The third-order valence-electron chi connectivity index (χ3n) is 6.79. The van der Waals surface area contributed by atoms with Crippen molar-refractivity contribution in [2.75, 3.05) is 19.6 Å². The van der Waals surface area contributed by atoms with Gasteiger partial charge in [-0.25, -0.2) is 0 Å². The van der Waals surface area contributed by atoms with Gasteiger partial charge in [0.25, 0.3) is 5.91 Å². The van der Waals surface area contributed by atoms with Gasteiger partial charge in [-0.3, -0.25) is 9.69 Å². The summed E-state index contributed by atoms with van der Waals surface area (Å²) in [7, 11) is 0. The number of benzene rings is 3. The lowest BCUT2D eigenvalue weighted by Crippen LogP contribution is -2.42. The quantitative estimate of drug-likeness (QED) is 0.406. The summed E-state index contributed by atoms with van der Waals surface area (Å²) in [6.07, 6.45) is 0. The molecule has 1 heterocycles. The summed E-state index contributed by atoms with van der Waals surface area (Å²) < 4.78 is 0. The van der Waals surface area contributed by atoms with Crippen molar-refractivity contribution in [2.45, 2.75) is 39.3 Å². The zero-order chi connectivity index (χ0) is 23.4. The van der Waals surface area contributed by atoms with Crippen LogP contribution in [0.5, 0.6) is 0 Å². The zero-order valence-electron chi connectivity index (χ0n) is 19.7. The predicted octanol–water partition coefficient (Wildman–Crippen LogP) is 6.41. The average Bonchev–Trinajstić information content (AvgIpc) is 3.21. The lowest BCUT2D eigenvalue weighted by molar-refractivity contribution is 0.0668. The van der Waals surface area contributed by atoms with Crippen LogP contribution < -0.4 is 0 Å². The van der Waals surface area contributed by atoms with Crippen molar-refractivity contribution in [3.63, 3.8) is 0 Å². The maximum Gasteiger partial charge on any atom is 0.254 e. The molecule has 3 nitrogen and oxygen atoms in total. The van der Waals surface area contributed by atoms with Crippen LogP contribution in [0.2, 0.25) is 5.02 Å². The minimum Gasteiger partial charge on any atom is -0.336 e. The predicted molar refractivity (Wildman–Crippen MR) is 137 cm³/mol. The number of nitrogens with zero attached hydrogens (tertiary/aromatic N) is 2. The average molecular weight is 461 g/mol. The molecule has 0 aromatic heterocycles. The van der Waals surface area contributed by atoms with E-state index in [1.165, 1.54) is 11.1 Å². The van der Waals surface area contributed by atoms with Gasteiger partial charge in [-0.05, 0) is 61.6 Å². The third-order valence-corrected chi connectivity index (χ3v) is 7.16. The molecule has 3 aromatic carbocycles. The van der Waals surface area contributed by atoms with Gasteiger partial charge in [0.2, 0.25) is 0 Å². The lowest BCUT2D eigenvalue weighted by Gasteiger charge is -2.32. The standard InChI is InChI=1S/C29H33ClN2O/c1-21(2)32(29(33)23-12-5-4-6-13-23)19-25-18-31(17-24-14-8-10-16-28(24)30)20-27(25)26-15-9-7-11-22(26)3/h4-16,21,25,27H,17-20H2,1-3H3/t25-,27+/m0/s1. The summed E-state index contributed by atoms with van der Waals surface area (Å²) in [5, 5.41) is 0.816. The molecule has 0 bridgehead atoms. The molecule has 1 aliphatic heterocycles. The van der Waals surface area contributed by atoms with Crippen LogP contribution in [0.1, 0.15) is 46.8 Å². The van der Waals surface area contributed by atoms with Crippen LogP contribution >= 0.6 is 11.6 Å². The van der Waals surface area contributed by atoms with Gasteiger partial charge in [-0.1, -0.05) is 72.3 Å². The van der Waals surface area contributed by atoms with Crippen LogP contribution in [0.15, 0.2) is 78.9 Å². The molecule has 1 saturated heterocycles. The van der Waals surface area contributed by atoms with Crippen molar-refractivity contribution in [2.24, 2.45) is 5.92 Å². The Balaban J connectivity index is 1.60. The second-order valence-electron chi connectivity index (χ2n) is 9.43. The first-order chi connectivity index (χ1) is 15.9. The Labute approximate surface area is 203 Å². The van der Waals surface area contributed by atoms with Crippen LogP contribution in [0.25, 0.3) is 0 Å². The number of rotatable bonds is 7. The Kier molecular flexibility index (Phi) is 7.52. The van der Waals surface area contributed by atoms with Crippen LogP contribution in [0.4, 0.5) is 0 Å². The number of aryl methyl sites for hydroxylation is 1. The highest BCUT2D eigenvalue weighted by Crippen LogP contribution is 2.36. The minimum absolute atomic E-state index is 0.110. The van der Waals surface area contributed by atoms with E-state index in [4.69, 9.17) is 11.6 Å². The van der Waals surface area contributed by atoms with Gasteiger partial charge < -0.3 is 4.90 Å². The molecule has 1 amide bonds. The molecule has 33 heavy (non-hydrogen) atoms. The molecule has 0 saturated carbocycles. The molecule has 172 valence electrons. The van der Waals surface area contributed by atoms with E-state index < -0.39 is 0 Å². The Hall–Kier alpha value is -2.62. The Morgan fingerprint density at radius 2 is 1.64 bits per heavy atom. The second-order valence-corrected chi connectivity index (χ2v) is 9.83. The molecule has 0 aliphatic carbocycles. The van der Waals surface area contributed by atoms with Crippen molar-refractivity contribution < 1.29 is 4.79 Å². The number of amides is 1. The Bertz CT molecular complexity index is 1080. The van der Waals surface area contributed by atoms with Crippen LogP contribution in [-0.4, -0.2) is 41.4 Å². The molecule has 4 heteroatoms. The molecule has 4 rings (SSSR count). The van der Waals surface area contributed by atoms with Crippen LogP contribution in [0, 0.1) is 12.8 Å². The van der Waals surface area contributed by atoms with Crippen LogP contribution in [-0.2, 0) is 6.54 Å². The summed E-state index contributed by atoms with van der Waals surface area (Å²) >= 11 is 6.47. The van der Waals surface area contributed by atoms with E-state index in [1.54, 1.807) is 0 Å². The number of halogens is 1. The summed E-state index contributed by atoms with van der Waals surface area (Å²) in [6.45, 7) is 9.89. The Morgan fingerprint density at radius 1 is 0.970 bits per heavy atom. The fourth-order valence-corrected chi connectivity index (χ4v) is 5.22. The molecule has 1 fully saturated rings. The van der Waals surface area contributed by atoms with Crippen molar-refractivity contribution in [1.82, 2.24) is 9.80 Å². The molecule has 0 radical (unpaired) electrons. The lowest BCUT2D eigenvalue weighted by atomic mass is 9.86. The SMILES string of the molecule is Cc1ccccc1[C@@H]1CN(Cc2ccccc2Cl)C[C@H]1CN(C(=O)c1ccccc1)C(C)C. The molecular weight excluding hydrogens is 428 g/mol. The molecule has 0 spiro atoms. The van der Waals surface area contributed by atoms with Crippen molar-refractivity contribution in [3.05, 3.63) is 106 Å².